The standard InChI is InChI=1S/C17H20O3/c1-20-13-7-5-12-10-17(19)14-3-2-4-16(18)15(14)8-6-11(12)9-13/h5,7,9,16,18H,2-4,6,8,10H2,1H3. The molecule has 2 aliphatic rings. The lowest BCUT2D eigenvalue weighted by atomic mass is 9.80. The number of Topliss-reactive ketones (excluding diaryl/α,β-unsaturated/α-hetero) is 1. The fourth-order valence-electron chi connectivity index (χ4n) is 3.33. The zero-order valence-corrected chi connectivity index (χ0v) is 11.8. The van der Waals surface area contributed by atoms with E-state index in [4.69, 9.17) is 4.74 Å². The van der Waals surface area contributed by atoms with Crippen LogP contribution in [0.1, 0.15) is 36.8 Å². The highest BCUT2D eigenvalue weighted by Crippen LogP contribution is 2.33. The van der Waals surface area contributed by atoms with Crippen LogP contribution >= 0.6 is 0 Å². The van der Waals surface area contributed by atoms with Gasteiger partial charge in [-0.05, 0) is 66.5 Å². The zero-order valence-electron chi connectivity index (χ0n) is 11.8. The minimum Gasteiger partial charge on any atom is -0.497 e. The molecule has 106 valence electrons. The average Bonchev–Trinajstić information content (AvgIpc) is 2.45. The van der Waals surface area contributed by atoms with E-state index in [2.05, 4.69) is 0 Å². The molecule has 0 bridgehead atoms. The van der Waals surface area contributed by atoms with Crippen molar-refractivity contribution in [1.29, 1.82) is 0 Å². The normalized spacial score (nSPS) is 22.7. The highest BCUT2D eigenvalue weighted by atomic mass is 16.5. The number of allylic oxidation sites excluding steroid dienone is 1. The largest absolute Gasteiger partial charge is 0.497 e. The van der Waals surface area contributed by atoms with Crippen molar-refractivity contribution in [2.24, 2.45) is 0 Å². The summed E-state index contributed by atoms with van der Waals surface area (Å²) in [6.07, 6.45) is 4.22. The molecule has 3 heteroatoms. The second-order valence-electron chi connectivity index (χ2n) is 5.65. The Morgan fingerprint density at radius 1 is 1.20 bits per heavy atom. The molecular weight excluding hydrogens is 252 g/mol. The Balaban J connectivity index is 1.97. The van der Waals surface area contributed by atoms with Crippen molar-refractivity contribution in [2.75, 3.05) is 7.11 Å². The van der Waals surface area contributed by atoms with Gasteiger partial charge in [0.1, 0.15) is 5.75 Å². The van der Waals surface area contributed by atoms with E-state index in [0.717, 1.165) is 54.6 Å². The fraction of sp³-hybridized carbons (Fsp3) is 0.471. The number of aliphatic hydroxyl groups excluding tert-OH is 1. The number of hydrogen-bond donors (Lipinski definition) is 1. The Morgan fingerprint density at radius 3 is 2.85 bits per heavy atom. The Labute approximate surface area is 119 Å². The van der Waals surface area contributed by atoms with Crippen molar-refractivity contribution in [3.63, 3.8) is 0 Å². The van der Waals surface area contributed by atoms with E-state index in [1.165, 1.54) is 5.56 Å². The molecule has 0 aromatic heterocycles. The van der Waals surface area contributed by atoms with Crippen molar-refractivity contribution < 1.29 is 14.6 Å². The number of aryl methyl sites for hydroxylation is 1. The minimum absolute atomic E-state index is 0.185. The lowest BCUT2D eigenvalue weighted by molar-refractivity contribution is -0.115. The molecule has 3 nitrogen and oxygen atoms in total. The first-order valence-electron chi connectivity index (χ1n) is 7.28. The highest BCUT2D eigenvalue weighted by molar-refractivity contribution is 5.98. The summed E-state index contributed by atoms with van der Waals surface area (Å²) in [6.45, 7) is 0. The smallest absolute Gasteiger partial charge is 0.163 e. The van der Waals surface area contributed by atoms with E-state index in [9.17, 15) is 9.90 Å². The maximum Gasteiger partial charge on any atom is 0.163 e. The summed E-state index contributed by atoms with van der Waals surface area (Å²) in [5.41, 5.74) is 4.14. The summed E-state index contributed by atoms with van der Waals surface area (Å²) in [4.78, 5) is 12.5. The van der Waals surface area contributed by atoms with E-state index in [1.807, 2.05) is 18.2 Å². The number of carbonyl (C=O) groups is 1. The Kier molecular flexibility index (Phi) is 3.62. The number of rotatable bonds is 1. The summed E-state index contributed by atoms with van der Waals surface area (Å²) in [5.74, 6) is 1.01. The first kappa shape index (κ1) is 13.4. The molecule has 0 saturated heterocycles. The molecule has 0 fully saturated rings. The van der Waals surface area contributed by atoms with Crippen LogP contribution in [0.15, 0.2) is 29.3 Å². The Hall–Kier alpha value is -1.61. The van der Waals surface area contributed by atoms with Gasteiger partial charge in [-0.1, -0.05) is 6.07 Å². The summed E-state index contributed by atoms with van der Waals surface area (Å²) in [5, 5.41) is 10.2. The van der Waals surface area contributed by atoms with E-state index in [-0.39, 0.29) is 5.78 Å². The molecule has 0 spiro atoms. The number of benzene rings is 1. The molecule has 0 radical (unpaired) electrons. The molecule has 2 aliphatic carbocycles. The van der Waals surface area contributed by atoms with Crippen LogP contribution in [0.5, 0.6) is 5.75 Å². The van der Waals surface area contributed by atoms with Crippen LogP contribution in [0.2, 0.25) is 0 Å². The maximum atomic E-state index is 12.5. The fourth-order valence-corrected chi connectivity index (χ4v) is 3.33. The lowest BCUT2D eigenvalue weighted by Gasteiger charge is -2.27. The molecule has 0 amide bonds. The summed E-state index contributed by atoms with van der Waals surface area (Å²) >= 11 is 0. The van der Waals surface area contributed by atoms with Crippen molar-refractivity contribution >= 4 is 5.78 Å². The number of methoxy groups -OCH3 is 1. The van der Waals surface area contributed by atoms with Crippen LogP contribution < -0.4 is 4.74 Å². The second-order valence-corrected chi connectivity index (χ2v) is 5.65. The monoisotopic (exact) mass is 272 g/mol. The average molecular weight is 272 g/mol. The number of hydrogen-bond acceptors (Lipinski definition) is 3. The molecule has 0 saturated carbocycles. The summed E-state index contributed by atoms with van der Waals surface area (Å²) < 4.78 is 5.26. The SMILES string of the molecule is COc1ccc2c(c1)CCC1=C(CCCC1O)C(=O)C2. The number of ketones is 1. The predicted octanol–water partition coefficient (Wildman–Crippen LogP) is 2.59. The maximum absolute atomic E-state index is 12.5. The van der Waals surface area contributed by atoms with E-state index >= 15 is 0 Å². The third-order valence-corrected chi connectivity index (χ3v) is 4.46. The molecule has 1 atom stereocenters. The van der Waals surface area contributed by atoms with E-state index in [1.54, 1.807) is 7.11 Å². The molecule has 20 heavy (non-hydrogen) atoms. The van der Waals surface area contributed by atoms with Gasteiger partial charge in [-0.2, -0.15) is 0 Å². The molecule has 0 heterocycles. The number of fused-ring (bicyclic) bond motifs is 1. The van der Waals surface area contributed by atoms with Crippen LogP contribution in [-0.2, 0) is 17.6 Å². The van der Waals surface area contributed by atoms with Gasteiger partial charge in [0.05, 0.1) is 13.2 Å². The van der Waals surface area contributed by atoms with Crippen molar-refractivity contribution in [3.05, 3.63) is 40.5 Å². The van der Waals surface area contributed by atoms with Crippen LogP contribution in [0.25, 0.3) is 0 Å². The number of carbonyl (C=O) groups excluding carboxylic acids is 1. The Bertz CT molecular complexity index is 572. The minimum atomic E-state index is -0.421. The van der Waals surface area contributed by atoms with Gasteiger partial charge in [-0.3, -0.25) is 4.79 Å². The van der Waals surface area contributed by atoms with Gasteiger partial charge in [0.25, 0.3) is 0 Å². The van der Waals surface area contributed by atoms with Crippen molar-refractivity contribution in [3.8, 4) is 5.75 Å². The van der Waals surface area contributed by atoms with Gasteiger partial charge < -0.3 is 9.84 Å². The third kappa shape index (κ3) is 2.38. The van der Waals surface area contributed by atoms with Gasteiger partial charge in [0.2, 0.25) is 0 Å². The van der Waals surface area contributed by atoms with Crippen LogP contribution in [-0.4, -0.2) is 24.1 Å². The summed E-state index contributed by atoms with van der Waals surface area (Å²) in [7, 11) is 1.65. The van der Waals surface area contributed by atoms with Crippen LogP contribution in [0, 0.1) is 0 Å². The van der Waals surface area contributed by atoms with Crippen molar-refractivity contribution in [1.82, 2.24) is 0 Å². The lowest BCUT2D eigenvalue weighted by Crippen LogP contribution is -2.24. The summed E-state index contributed by atoms with van der Waals surface area (Å²) in [6, 6.07) is 5.93. The van der Waals surface area contributed by atoms with Crippen molar-refractivity contribution in [2.45, 2.75) is 44.6 Å². The zero-order chi connectivity index (χ0) is 14.1. The Morgan fingerprint density at radius 2 is 2.05 bits per heavy atom. The second kappa shape index (κ2) is 5.41. The van der Waals surface area contributed by atoms with Crippen LogP contribution in [0.4, 0.5) is 0 Å². The van der Waals surface area contributed by atoms with Gasteiger partial charge in [-0.25, -0.2) is 0 Å². The van der Waals surface area contributed by atoms with E-state index < -0.39 is 6.10 Å². The molecule has 0 aliphatic heterocycles. The van der Waals surface area contributed by atoms with Gasteiger partial charge in [0, 0.05) is 6.42 Å². The highest BCUT2D eigenvalue weighted by Gasteiger charge is 2.27. The molecule has 1 unspecified atom stereocenters. The molecular formula is C17H20O3. The van der Waals surface area contributed by atoms with Gasteiger partial charge >= 0.3 is 0 Å². The first-order valence-corrected chi connectivity index (χ1v) is 7.28. The van der Waals surface area contributed by atoms with E-state index in [0.29, 0.717) is 6.42 Å². The third-order valence-electron chi connectivity index (χ3n) is 4.46. The molecule has 3 rings (SSSR count). The number of aliphatic hydroxyl groups is 1. The number of ether oxygens (including phenoxy) is 1. The van der Waals surface area contributed by atoms with Crippen LogP contribution in [0.3, 0.4) is 0 Å². The molecule has 1 aromatic rings. The van der Waals surface area contributed by atoms with Gasteiger partial charge in [0.15, 0.2) is 5.78 Å². The predicted molar refractivity (Wildman–Crippen MR) is 76.9 cm³/mol. The molecule has 1 N–H and O–H groups in total. The topological polar surface area (TPSA) is 46.5 Å². The molecule has 1 aromatic carbocycles. The first-order chi connectivity index (χ1) is 9.69. The van der Waals surface area contributed by atoms with Gasteiger partial charge in [-0.15, -0.1) is 0 Å². The quantitative estimate of drug-likeness (QED) is 0.854.